The van der Waals surface area contributed by atoms with Crippen LogP contribution in [0.1, 0.15) is 0 Å². The predicted molar refractivity (Wildman–Crippen MR) is 33.0 cm³/mol. The van der Waals surface area contributed by atoms with Crippen LogP contribution in [0.4, 0.5) is 5.95 Å². The van der Waals surface area contributed by atoms with E-state index >= 15 is 0 Å². The van der Waals surface area contributed by atoms with E-state index in [-0.39, 0.29) is 5.95 Å². The molecule has 2 rings (SSSR count). The van der Waals surface area contributed by atoms with Crippen molar-refractivity contribution < 1.29 is 0 Å². The number of nitrogens with two attached hydrogens (primary N) is 1. The Hall–Kier alpha value is -1.72. The van der Waals surface area contributed by atoms with Gasteiger partial charge in [0.05, 0.1) is 0 Å². The number of nitrogen functional groups attached to an aromatic ring is 1. The predicted octanol–water partition coefficient (Wildman–Crippen LogP) is -0.899. The Balaban J connectivity index is 2.88. The summed E-state index contributed by atoms with van der Waals surface area (Å²) in [5.74, 6) is 0.674. The summed E-state index contributed by atoms with van der Waals surface area (Å²) in [5, 5.41) is 3.77. The quantitative estimate of drug-likeness (QED) is 0.507. The molecular formula is C4H4N6. The first kappa shape index (κ1) is 5.10. The SMILES string of the molecule is Nc1nc2ncncn2n1. The van der Waals surface area contributed by atoms with E-state index in [0.717, 1.165) is 0 Å². The first-order valence-electron chi connectivity index (χ1n) is 2.64. The molecule has 0 fully saturated rings. The average molecular weight is 136 g/mol. The summed E-state index contributed by atoms with van der Waals surface area (Å²) >= 11 is 0. The lowest BCUT2D eigenvalue weighted by atomic mass is 11.0. The van der Waals surface area contributed by atoms with Crippen LogP contribution in [0.2, 0.25) is 0 Å². The fourth-order valence-corrected chi connectivity index (χ4v) is 0.675. The topological polar surface area (TPSA) is 82.0 Å². The van der Waals surface area contributed by atoms with E-state index in [1.807, 2.05) is 0 Å². The van der Waals surface area contributed by atoms with Crippen molar-refractivity contribution in [3.05, 3.63) is 12.7 Å². The van der Waals surface area contributed by atoms with Crippen LogP contribution in [0.5, 0.6) is 0 Å². The molecule has 0 amide bonds. The monoisotopic (exact) mass is 136 g/mol. The molecule has 50 valence electrons. The minimum Gasteiger partial charge on any atom is -0.366 e. The number of aromatic nitrogens is 5. The zero-order chi connectivity index (χ0) is 6.97. The summed E-state index contributed by atoms with van der Waals surface area (Å²) in [6.45, 7) is 0. The van der Waals surface area contributed by atoms with Gasteiger partial charge in [-0.25, -0.2) is 4.98 Å². The maximum Gasteiger partial charge on any atom is 0.256 e. The molecule has 6 heteroatoms. The average Bonchev–Trinajstić information content (AvgIpc) is 2.27. The normalized spacial score (nSPS) is 10.4. The van der Waals surface area contributed by atoms with Crippen molar-refractivity contribution in [1.29, 1.82) is 0 Å². The summed E-state index contributed by atoms with van der Waals surface area (Å²) in [4.78, 5) is 11.3. The molecular weight excluding hydrogens is 132 g/mol. The Bertz CT molecular complexity index is 318. The standard InChI is InChI=1S/C4H4N6/c5-3-8-4-7-1-6-2-10(4)9-3/h1-2H,(H2,5,9). The molecule has 2 heterocycles. The van der Waals surface area contributed by atoms with Crippen molar-refractivity contribution in [3.63, 3.8) is 0 Å². The second-order valence-electron chi connectivity index (χ2n) is 1.72. The molecule has 10 heavy (non-hydrogen) atoms. The highest BCUT2D eigenvalue weighted by atomic mass is 15.4. The van der Waals surface area contributed by atoms with Crippen molar-refractivity contribution in [3.8, 4) is 0 Å². The van der Waals surface area contributed by atoms with Crippen LogP contribution in [-0.2, 0) is 0 Å². The van der Waals surface area contributed by atoms with Crippen LogP contribution in [0.3, 0.4) is 0 Å². The third-order valence-electron chi connectivity index (χ3n) is 1.05. The van der Waals surface area contributed by atoms with Crippen molar-refractivity contribution in [1.82, 2.24) is 24.6 Å². The molecule has 2 aromatic heterocycles. The largest absolute Gasteiger partial charge is 0.366 e. The second kappa shape index (κ2) is 1.63. The molecule has 0 bridgehead atoms. The second-order valence-corrected chi connectivity index (χ2v) is 1.72. The Morgan fingerprint density at radius 3 is 3.20 bits per heavy atom. The van der Waals surface area contributed by atoms with Gasteiger partial charge in [-0.3, -0.25) is 0 Å². The molecule has 0 saturated carbocycles. The lowest BCUT2D eigenvalue weighted by Gasteiger charge is -1.82. The van der Waals surface area contributed by atoms with Crippen molar-refractivity contribution in [2.75, 3.05) is 5.73 Å². The van der Waals surface area contributed by atoms with Gasteiger partial charge in [-0.1, -0.05) is 0 Å². The van der Waals surface area contributed by atoms with Crippen molar-refractivity contribution in [2.45, 2.75) is 0 Å². The molecule has 2 aromatic rings. The van der Waals surface area contributed by atoms with E-state index in [4.69, 9.17) is 5.73 Å². The molecule has 0 radical (unpaired) electrons. The third kappa shape index (κ3) is 0.586. The minimum atomic E-state index is 0.209. The summed E-state index contributed by atoms with van der Waals surface area (Å²) in [7, 11) is 0. The zero-order valence-electron chi connectivity index (χ0n) is 4.97. The molecule has 0 saturated heterocycles. The molecule has 0 aliphatic carbocycles. The lowest BCUT2D eigenvalue weighted by molar-refractivity contribution is 0.894. The van der Waals surface area contributed by atoms with Gasteiger partial charge in [0.1, 0.15) is 12.7 Å². The first-order chi connectivity index (χ1) is 4.86. The molecule has 6 nitrogen and oxygen atoms in total. The summed E-state index contributed by atoms with van der Waals surface area (Å²) < 4.78 is 1.41. The number of hydrogen-bond acceptors (Lipinski definition) is 5. The maximum absolute atomic E-state index is 5.28. The van der Waals surface area contributed by atoms with E-state index in [2.05, 4.69) is 20.1 Å². The zero-order valence-corrected chi connectivity index (χ0v) is 4.97. The Morgan fingerprint density at radius 1 is 1.50 bits per heavy atom. The van der Waals surface area contributed by atoms with Crippen LogP contribution in [-0.4, -0.2) is 24.6 Å². The van der Waals surface area contributed by atoms with E-state index < -0.39 is 0 Å². The molecule has 0 spiro atoms. The Labute approximate surface area is 55.7 Å². The number of nitrogens with zero attached hydrogens (tertiary/aromatic N) is 5. The molecule has 0 aromatic carbocycles. The van der Waals surface area contributed by atoms with Crippen LogP contribution >= 0.6 is 0 Å². The van der Waals surface area contributed by atoms with E-state index in [1.54, 1.807) is 0 Å². The van der Waals surface area contributed by atoms with Gasteiger partial charge in [-0.05, 0) is 0 Å². The van der Waals surface area contributed by atoms with Gasteiger partial charge in [0, 0.05) is 0 Å². The summed E-state index contributed by atoms with van der Waals surface area (Å²) in [6.07, 6.45) is 2.88. The van der Waals surface area contributed by atoms with Gasteiger partial charge >= 0.3 is 0 Å². The number of rotatable bonds is 0. The fourth-order valence-electron chi connectivity index (χ4n) is 0.675. The molecule has 2 N–H and O–H groups in total. The number of anilines is 1. The Kier molecular flexibility index (Phi) is 0.830. The molecule has 0 aliphatic rings. The van der Waals surface area contributed by atoms with Crippen LogP contribution < -0.4 is 5.73 Å². The summed E-state index contributed by atoms with van der Waals surface area (Å²) in [5.41, 5.74) is 5.28. The first-order valence-corrected chi connectivity index (χ1v) is 2.64. The van der Waals surface area contributed by atoms with E-state index in [1.165, 1.54) is 17.2 Å². The van der Waals surface area contributed by atoms with E-state index in [0.29, 0.717) is 5.78 Å². The highest BCUT2D eigenvalue weighted by Gasteiger charge is 1.96. The smallest absolute Gasteiger partial charge is 0.256 e. The van der Waals surface area contributed by atoms with Crippen LogP contribution in [0, 0.1) is 0 Å². The van der Waals surface area contributed by atoms with Gasteiger partial charge in [0.25, 0.3) is 5.78 Å². The van der Waals surface area contributed by atoms with Gasteiger partial charge in [-0.15, -0.1) is 5.10 Å². The minimum absolute atomic E-state index is 0.209. The van der Waals surface area contributed by atoms with Gasteiger partial charge in [0.15, 0.2) is 0 Å². The van der Waals surface area contributed by atoms with Crippen molar-refractivity contribution in [2.24, 2.45) is 0 Å². The number of fused-ring (bicyclic) bond motifs is 1. The fraction of sp³-hybridized carbons (Fsp3) is 0. The molecule has 0 unspecified atom stereocenters. The maximum atomic E-state index is 5.28. The van der Waals surface area contributed by atoms with Gasteiger partial charge < -0.3 is 5.73 Å². The highest BCUT2D eigenvalue weighted by Crippen LogP contribution is 1.93. The van der Waals surface area contributed by atoms with Crippen molar-refractivity contribution >= 4 is 11.7 Å². The van der Waals surface area contributed by atoms with Gasteiger partial charge in [-0.2, -0.15) is 14.5 Å². The number of hydrogen-bond donors (Lipinski definition) is 1. The van der Waals surface area contributed by atoms with E-state index in [9.17, 15) is 0 Å². The van der Waals surface area contributed by atoms with Crippen LogP contribution in [0.15, 0.2) is 12.7 Å². The van der Waals surface area contributed by atoms with Crippen LogP contribution in [0.25, 0.3) is 5.78 Å². The molecule has 0 aliphatic heterocycles. The highest BCUT2D eigenvalue weighted by molar-refractivity contribution is 5.30. The Morgan fingerprint density at radius 2 is 2.40 bits per heavy atom. The molecule has 0 atom stereocenters. The lowest BCUT2D eigenvalue weighted by Crippen LogP contribution is -1.91. The van der Waals surface area contributed by atoms with Gasteiger partial charge in [0.2, 0.25) is 5.95 Å². The third-order valence-corrected chi connectivity index (χ3v) is 1.05. The summed E-state index contributed by atoms with van der Waals surface area (Å²) in [6, 6.07) is 0.